The predicted molar refractivity (Wildman–Crippen MR) is 78.1 cm³/mol. The van der Waals surface area contributed by atoms with Crippen LogP contribution in [0, 0.1) is 6.92 Å². The van der Waals surface area contributed by atoms with E-state index < -0.39 is 10.0 Å². The van der Waals surface area contributed by atoms with Gasteiger partial charge in [0.1, 0.15) is 0 Å². The molecule has 1 aromatic rings. The fraction of sp³-hybridized carbons (Fsp3) is 0.500. The van der Waals surface area contributed by atoms with Gasteiger partial charge in [-0.05, 0) is 53.4 Å². The summed E-state index contributed by atoms with van der Waals surface area (Å²) in [6, 6.07) is 3.15. The molecule has 0 aliphatic carbocycles. The van der Waals surface area contributed by atoms with Gasteiger partial charge in [0.15, 0.2) is 0 Å². The minimum atomic E-state index is -3.58. The minimum Gasteiger partial charge on any atom is -0.377 e. The molecule has 0 saturated carbocycles. The highest BCUT2D eigenvalue weighted by Crippen LogP contribution is 2.28. The smallest absolute Gasteiger partial charge is 0.241 e. The van der Waals surface area contributed by atoms with Crippen molar-refractivity contribution < 1.29 is 13.2 Å². The molecule has 0 spiro atoms. The van der Waals surface area contributed by atoms with Crippen LogP contribution in [0.3, 0.4) is 0 Å². The van der Waals surface area contributed by atoms with Crippen molar-refractivity contribution in [2.45, 2.75) is 30.8 Å². The molecular weight excluding hydrogens is 354 g/mol. The lowest BCUT2D eigenvalue weighted by Crippen LogP contribution is -2.32. The van der Waals surface area contributed by atoms with E-state index in [4.69, 9.17) is 16.3 Å². The van der Waals surface area contributed by atoms with Crippen molar-refractivity contribution in [1.82, 2.24) is 4.72 Å². The van der Waals surface area contributed by atoms with E-state index in [2.05, 4.69) is 20.7 Å². The van der Waals surface area contributed by atoms with Gasteiger partial charge in [0.25, 0.3) is 0 Å². The molecule has 0 unspecified atom stereocenters. The Morgan fingerprint density at radius 2 is 2.26 bits per heavy atom. The topological polar surface area (TPSA) is 55.4 Å². The maximum atomic E-state index is 12.2. The van der Waals surface area contributed by atoms with Gasteiger partial charge in [-0.3, -0.25) is 0 Å². The van der Waals surface area contributed by atoms with Gasteiger partial charge in [0, 0.05) is 22.6 Å². The zero-order chi connectivity index (χ0) is 14.0. The van der Waals surface area contributed by atoms with Gasteiger partial charge in [-0.2, -0.15) is 0 Å². The first-order valence-corrected chi connectivity index (χ1v) is 8.62. The van der Waals surface area contributed by atoms with Crippen molar-refractivity contribution in [1.29, 1.82) is 0 Å². The van der Waals surface area contributed by atoms with Gasteiger partial charge in [-0.1, -0.05) is 11.6 Å². The van der Waals surface area contributed by atoms with Crippen LogP contribution in [0.1, 0.15) is 18.4 Å². The normalized spacial score (nSPS) is 19.8. The number of sulfonamides is 1. The van der Waals surface area contributed by atoms with E-state index in [1.165, 1.54) is 6.07 Å². The highest BCUT2D eigenvalue weighted by atomic mass is 79.9. The number of rotatable bonds is 4. The maximum absolute atomic E-state index is 12.2. The molecule has 1 aromatic carbocycles. The van der Waals surface area contributed by atoms with Crippen LogP contribution in [0.15, 0.2) is 21.5 Å². The van der Waals surface area contributed by atoms with Crippen LogP contribution in [-0.4, -0.2) is 27.7 Å². The van der Waals surface area contributed by atoms with Crippen molar-refractivity contribution in [2.24, 2.45) is 0 Å². The largest absolute Gasteiger partial charge is 0.377 e. The molecule has 1 heterocycles. The number of halogens is 2. The molecule has 1 atom stereocenters. The number of hydrogen-bond donors (Lipinski definition) is 1. The summed E-state index contributed by atoms with van der Waals surface area (Å²) in [5.74, 6) is 0. The first-order valence-electron chi connectivity index (χ1n) is 5.97. The Morgan fingerprint density at radius 3 is 2.89 bits per heavy atom. The Balaban J connectivity index is 2.16. The van der Waals surface area contributed by atoms with E-state index in [0.29, 0.717) is 22.6 Å². The van der Waals surface area contributed by atoms with E-state index in [1.54, 1.807) is 6.07 Å². The molecule has 1 N–H and O–H groups in total. The molecule has 0 aromatic heterocycles. The SMILES string of the molecule is Cc1cc(Br)c(S(=O)(=O)NC[C@@H]2CCCO2)cc1Cl. The molecule has 2 rings (SSSR count). The van der Waals surface area contributed by atoms with Crippen molar-refractivity contribution in [2.75, 3.05) is 13.2 Å². The quantitative estimate of drug-likeness (QED) is 0.889. The van der Waals surface area contributed by atoms with Crippen LogP contribution in [0.25, 0.3) is 0 Å². The Bertz CT molecular complexity index is 571. The molecule has 19 heavy (non-hydrogen) atoms. The monoisotopic (exact) mass is 367 g/mol. The molecular formula is C12H15BrClNO3S. The van der Waals surface area contributed by atoms with Crippen molar-refractivity contribution in [3.63, 3.8) is 0 Å². The lowest BCUT2D eigenvalue weighted by molar-refractivity contribution is 0.114. The summed E-state index contributed by atoms with van der Waals surface area (Å²) in [6.45, 7) is 2.82. The number of ether oxygens (including phenoxy) is 1. The average Bonchev–Trinajstić information content (AvgIpc) is 2.84. The van der Waals surface area contributed by atoms with Gasteiger partial charge in [-0.15, -0.1) is 0 Å². The second kappa shape index (κ2) is 6.10. The minimum absolute atomic E-state index is 0.0329. The third kappa shape index (κ3) is 3.70. The van der Waals surface area contributed by atoms with Crippen LogP contribution >= 0.6 is 27.5 Å². The second-order valence-electron chi connectivity index (χ2n) is 4.52. The Kier molecular flexibility index (Phi) is 4.89. The van der Waals surface area contributed by atoms with Gasteiger partial charge < -0.3 is 4.74 Å². The third-order valence-corrected chi connectivity index (χ3v) is 5.82. The summed E-state index contributed by atoms with van der Waals surface area (Å²) in [5.41, 5.74) is 0.826. The fourth-order valence-corrected chi connectivity index (χ4v) is 4.39. The summed E-state index contributed by atoms with van der Waals surface area (Å²) < 4.78 is 32.9. The van der Waals surface area contributed by atoms with Crippen LogP contribution < -0.4 is 4.72 Å². The fourth-order valence-electron chi connectivity index (χ4n) is 1.92. The van der Waals surface area contributed by atoms with E-state index in [-0.39, 0.29) is 11.0 Å². The molecule has 1 fully saturated rings. The maximum Gasteiger partial charge on any atom is 0.241 e. The molecule has 0 bridgehead atoms. The highest BCUT2D eigenvalue weighted by molar-refractivity contribution is 9.10. The van der Waals surface area contributed by atoms with Gasteiger partial charge in [-0.25, -0.2) is 13.1 Å². The van der Waals surface area contributed by atoms with Crippen molar-refractivity contribution >= 4 is 37.6 Å². The van der Waals surface area contributed by atoms with E-state index in [9.17, 15) is 8.42 Å². The number of nitrogens with one attached hydrogen (secondary N) is 1. The molecule has 1 saturated heterocycles. The summed E-state index contributed by atoms with van der Waals surface area (Å²) in [7, 11) is -3.58. The Morgan fingerprint density at radius 1 is 1.53 bits per heavy atom. The molecule has 0 amide bonds. The zero-order valence-electron chi connectivity index (χ0n) is 10.4. The van der Waals surface area contributed by atoms with E-state index in [1.807, 2.05) is 6.92 Å². The van der Waals surface area contributed by atoms with Gasteiger partial charge in [0.2, 0.25) is 10.0 Å². The number of hydrogen-bond acceptors (Lipinski definition) is 3. The van der Waals surface area contributed by atoms with Crippen molar-refractivity contribution in [3.8, 4) is 0 Å². The van der Waals surface area contributed by atoms with Gasteiger partial charge >= 0.3 is 0 Å². The van der Waals surface area contributed by atoms with Crippen LogP contribution in [0.5, 0.6) is 0 Å². The summed E-state index contributed by atoms with van der Waals surface area (Å²) in [5, 5.41) is 0.431. The van der Waals surface area contributed by atoms with Crippen LogP contribution in [-0.2, 0) is 14.8 Å². The average molecular weight is 369 g/mol. The number of aryl methyl sites for hydroxylation is 1. The lowest BCUT2D eigenvalue weighted by atomic mass is 10.2. The molecule has 1 aliphatic rings. The zero-order valence-corrected chi connectivity index (χ0v) is 13.6. The molecule has 4 nitrogen and oxygen atoms in total. The summed E-state index contributed by atoms with van der Waals surface area (Å²) >= 11 is 9.24. The Labute approximate surface area is 126 Å². The van der Waals surface area contributed by atoms with Crippen LogP contribution in [0.2, 0.25) is 5.02 Å². The molecule has 1 aliphatic heterocycles. The van der Waals surface area contributed by atoms with E-state index in [0.717, 1.165) is 18.4 Å². The number of benzene rings is 1. The standard InChI is InChI=1S/C12H15BrClNO3S/c1-8-5-10(13)12(6-11(8)14)19(16,17)15-7-9-3-2-4-18-9/h5-6,9,15H,2-4,7H2,1H3/t9-/m0/s1. The molecule has 0 radical (unpaired) electrons. The van der Waals surface area contributed by atoms with Gasteiger partial charge in [0.05, 0.1) is 11.0 Å². The first kappa shape index (κ1) is 15.3. The lowest BCUT2D eigenvalue weighted by Gasteiger charge is -2.13. The van der Waals surface area contributed by atoms with Crippen LogP contribution in [0.4, 0.5) is 0 Å². The first-order chi connectivity index (χ1) is 8.90. The Hall–Kier alpha value is -0.140. The summed E-state index contributed by atoms with van der Waals surface area (Å²) in [6.07, 6.45) is 1.83. The predicted octanol–water partition coefficient (Wildman–Crippen LogP) is 2.87. The molecule has 106 valence electrons. The molecule has 7 heteroatoms. The second-order valence-corrected chi connectivity index (χ2v) is 7.52. The van der Waals surface area contributed by atoms with Crippen molar-refractivity contribution in [3.05, 3.63) is 27.2 Å². The highest BCUT2D eigenvalue weighted by Gasteiger charge is 2.22. The third-order valence-electron chi connectivity index (χ3n) is 3.03. The van der Waals surface area contributed by atoms with E-state index >= 15 is 0 Å². The summed E-state index contributed by atoms with van der Waals surface area (Å²) in [4.78, 5) is 0.154.